The Labute approximate surface area is 85.1 Å². The van der Waals surface area contributed by atoms with Crippen LogP contribution in [0.15, 0.2) is 35.9 Å². The summed E-state index contributed by atoms with van der Waals surface area (Å²) in [6.45, 7) is 2.13. The van der Waals surface area contributed by atoms with Crippen LogP contribution in [-0.2, 0) is 0 Å². The topological polar surface area (TPSA) is 46.2 Å². The maximum absolute atomic E-state index is 8.74. The molecule has 3 N–H and O–H groups in total. The fourth-order valence-corrected chi connectivity index (χ4v) is 1.29. The van der Waals surface area contributed by atoms with E-state index in [0.29, 0.717) is 6.42 Å². The SMILES string of the molecule is C/C(=C\c1ccccc1)C(N)CCO. The molecular formula is C12H17NO. The van der Waals surface area contributed by atoms with Crippen LogP contribution in [-0.4, -0.2) is 17.8 Å². The molecule has 2 nitrogen and oxygen atoms in total. The van der Waals surface area contributed by atoms with Crippen molar-refractivity contribution in [3.05, 3.63) is 41.5 Å². The zero-order valence-corrected chi connectivity index (χ0v) is 8.48. The number of rotatable bonds is 4. The summed E-state index contributed by atoms with van der Waals surface area (Å²) in [5.41, 5.74) is 8.10. The first kappa shape index (κ1) is 11.0. The Morgan fingerprint density at radius 1 is 1.43 bits per heavy atom. The molecule has 1 rings (SSSR count). The molecule has 0 saturated heterocycles. The van der Waals surface area contributed by atoms with Gasteiger partial charge in [-0.2, -0.15) is 0 Å². The number of aliphatic hydroxyl groups excluding tert-OH is 1. The van der Waals surface area contributed by atoms with Crippen LogP contribution < -0.4 is 5.73 Å². The molecule has 14 heavy (non-hydrogen) atoms. The second kappa shape index (κ2) is 5.58. The molecule has 0 heterocycles. The van der Waals surface area contributed by atoms with Crippen molar-refractivity contribution in [2.24, 2.45) is 5.73 Å². The summed E-state index contributed by atoms with van der Waals surface area (Å²) in [5.74, 6) is 0. The number of hydrogen-bond acceptors (Lipinski definition) is 2. The normalized spacial score (nSPS) is 14.1. The quantitative estimate of drug-likeness (QED) is 0.762. The molecule has 0 aromatic heterocycles. The highest BCUT2D eigenvalue weighted by Crippen LogP contribution is 2.09. The predicted molar refractivity (Wildman–Crippen MR) is 59.8 cm³/mol. The van der Waals surface area contributed by atoms with Crippen molar-refractivity contribution in [2.75, 3.05) is 6.61 Å². The molecule has 1 aromatic carbocycles. The van der Waals surface area contributed by atoms with E-state index >= 15 is 0 Å². The van der Waals surface area contributed by atoms with E-state index in [9.17, 15) is 0 Å². The second-order valence-electron chi connectivity index (χ2n) is 3.42. The molecule has 76 valence electrons. The van der Waals surface area contributed by atoms with Crippen LogP contribution in [0.2, 0.25) is 0 Å². The first-order chi connectivity index (χ1) is 6.74. The molecule has 0 radical (unpaired) electrons. The average molecular weight is 191 g/mol. The Balaban J connectivity index is 2.68. The Bertz CT molecular complexity index is 292. The third kappa shape index (κ3) is 3.32. The molecule has 0 aliphatic rings. The average Bonchev–Trinajstić information content (AvgIpc) is 2.19. The van der Waals surface area contributed by atoms with E-state index in [4.69, 9.17) is 10.8 Å². The second-order valence-corrected chi connectivity index (χ2v) is 3.42. The zero-order valence-electron chi connectivity index (χ0n) is 8.48. The lowest BCUT2D eigenvalue weighted by atomic mass is 10.0. The van der Waals surface area contributed by atoms with E-state index in [1.807, 2.05) is 37.3 Å². The molecule has 0 aliphatic heterocycles. The van der Waals surface area contributed by atoms with Crippen molar-refractivity contribution in [3.63, 3.8) is 0 Å². The van der Waals surface area contributed by atoms with Crippen molar-refractivity contribution in [3.8, 4) is 0 Å². The monoisotopic (exact) mass is 191 g/mol. The van der Waals surface area contributed by atoms with Gasteiger partial charge in [-0.3, -0.25) is 0 Å². The van der Waals surface area contributed by atoms with Crippen LogP contribution >= 0.6 is 0 Å². The minimum absolute atomic E-state index is 0.0415. The summed E-state index contributed by atoms with van der Waals surface area (Å²) in [6, 6.07) is 10.0. The minimum Gasteiger partial charge on any atom is -0.396 e. The Morgan fingerprint density at radius 2 is 2.07 bits per heavy atom. The van der Waals surface area contributed by atoms with E-state index in [2.05, 4.69) is 6.08 Å². The molecule has 0 bridgehead atoms. The number of benzene rings is 1. The van der Waals surface area contributed by atoms with E-state index in [0.717, 1.165) is 11.1 Å². The van der Waals surface area contributed by atoms with Gasteiger partial charge >= 0.3 is 0 Å². The molecule has 0 amide bonds. The van der Waals surface area contributed by atoms with E-state index < -0.39 is 0 Å². The number of aliphatic hydroxyl groups is 1. The molecule has 0 saturated carbocycles. The van der Waals surface area contributed by atoms with Gasteiger partial charge in [0.1, 0.15) is 0 Å². The highest BCUT2D eigenvalue weighted by Gasteiger charge is 2.02. The van der Waals surface area contributed by atoms with Gasteiger partial charge in [-0.15, -0.1) is 0 Å². The van der Waals surface area contributed by atoms with Crippen molar-refractivity contribution in [1.82, 2.24) is 0 Å². The maximum atomic E-state index is 8.74. The highest BCUT2D eigenvalue weighted by atomic mass is 16.3. The van der Waals surface area contributed by atoms with Gasteiger partial charge in [0.25, 0.3) is 0 Å². The summed E-state index contributed by atoms with van der Waals surface area (Å²) < 4.78 is 0. The summed E-state index contributed by atoms with van der Waals surface area (Å²) in [5, 5.41) is 8.74. The van der Waals surface area contributed by atoms with Crippen LogP contribution in [0.1, 0.15) is 18.9 Å². The van der Waals surface area contributed by atoms with Gasteiger partial charge in [0.15, 0.2) is 0 Å². The smallest absolute Gasteiger partial charge is 0.0448 e. The lowest BCUT2D eigenvalue weighted by molar-refractivity contribution is 0.281. The third-order valence-corrected chi connectivity index (χ3v) is 2.22. The van der Waals surface area contributed by atoms with Crippen molar-refractivity contribution < 1.29 is 5.11 Å². The molecule has 1 aromatic rings. The van der Waals surface area contributed by atoms with Gasteiger partial charge in [-0.05, 0) is 18.9 Å². The number of nitrogens with two attached hydrogens (primary N) is 1. The van der Waals surface area contributed by atoms with Crippen LogP contribution in [0.25, 0.3) is 6.08 Å². The lowest BCUT2D eigenvalue weighted by Gasteiger charge is -2.10. The predicted octanol–water partition coefficient (Wildman–Crippen LogP) is 1.80. The molecular weight excluding hydrogens is 174 g/mol. The van der Waals surface area contributed by atoms with Gasteiger partial charge in [0.2, 0.25) is 0 Å². The number of hydrogen-bond donors (Lipinski definition) is 2. The first-order valence-corrected chi connectivity index (χ1v) is 4.83. The van der Waals surface area contributed by atoms with Crippen LogP contribution in [0.4, 0.5) is 0 Å². The van der Waals surface area contributed by atoms with Gasteiger partial charge in [0, 0.05) is 12.6 Å². The van der Waals surface area contributed by atoms with Crippen molar-refractivity contribution >= 4 is 6.08 Å². The first-order valence-electron chi connectivity index (χ1n) is 4.83. The molecule has 0 aliphatic carbocycles. The van der Waals surface area contributed by atoms with Crippen LogP contribution in [0.5, 0.6) is 0 Å². The highest BCUT2D eigenvalue weighted by molar-refractivity contribution is 5.53. The van der Waals surface area contributed by atoms with Gasteiger partial charge in [-0.25, -0.2) is 0 Å². The summed E-state index contributed by atoms with van der Waals surface area (Å²) >= 11 is 0. The van der Waals surface area contributed by atoms with E-state index in [1.54, 1.807) is 0 Å². The van der Waals surface area contributed by atoms with Gasteiger partial charge < -0.3 is 10.8 Å². The van der Waals surface area contributed by atoms with Gasteiger partial charge in [-0.1, -0.05) is 42.0 Å². The Kier molecular flexibility index (Phi) is 4.36. The fourth-order valence-electron chi connectivity index (χ4n) is 1.29. The van der Waals surface area contributed by atoms with Gasteiger partial charge in [0.05, 0.1) is 0 Å². The van der Waals surface area contributed by atoms with Crippen molar-refractivity contribution in [2.45, 2.75) is 19.4 Å². The van der Waals surface area contributed by atoms with Crippen LogP contribution in [0, 0.1) is 0 Å². The zero-order chi connectivity index (χ0) is 10.4. The standard InChI is InChI=1S/C12H17NO/c1-10(12(13)7-8-14)9-11-5-3-2-4-6-11/h2-6,9,12,14H,7-8,13H2,1H3/b10-9+. The molecule has 0 fully saturated rings. The van der Waals surface area contributed by atoms with Crippen molar-refractivity contribution in [1.29, 1.82) is 0 Å². The largest absolute Gasteiger partial charge is 0.396 e. The van der Waals surface area contributed by atoms with E-state index in [1.165, 1.54) is 0 Å². The summed E-state index contributed by atoms with van der Waals surface area (Å²) in [4.78, 5) is 0. The maximum Gasteiger partial charge on any atom is 0.0448 e. The summed E-state index contributed by atoms with van der Waals surface area (Å²) in [7, 11) is 0. The lowest BCUT2D eigenvalue weighted by Crippen LogP contribution is -2.22. The molecule has 2 heteroatoms. The third-order valence-electron chi connectivity index (χ3n) is 2.22. The Morgan fingerprint density at radius 3 is 2.64 bits per heavy atom. The molecule has 1 unspecified atom stereocenters. The van der Waals surface area contributed by atoms with E-state index in [-0.39, 0.29) is 12.6 Å². The Hall–Kier alpha value is -1.12. The van der Waals surface area contributed by atoms with Crippen LogP contribution in [0.3, 0.4) is 0 Å². The fraction of sp³-hybridized carbons (Fsp3) is 0.333. The molecule has 0 spiro atoms. The summed E-state index contributed by atoms with van der Waals surface area (Å²) in [6.07, 6.45) is 2.68. The minimum atomic E-state index is -0.0415. The molecule has 1 atom stereocenters.